The van der Waals surface area contributed by atoms with Crippen molar-refractivity contribution < 1.29 is 9.32 Å². The number of benzene rings is 1. The third-order valence-electron chi connectivity index (χ3n) is 4.12. The lowest BCUT2D eigenvalue weighted by Crippen LogP contribution is -2.25. The van der Waals surface area contributed by atoms with Crippen molar-refractivity contribution in [1.29, 1.82) is 0 Å². The third-order valence-corrected chi connectivity index (χ3v) is 4.37. The Bertz CT molecular complexity index is 1070. The van der Waals surface area contributed by atoms with Gasteiger partial charge in [0.15, 0.2) is 17.1 Å². The Balaban J connectivity index is 1.31. The first-order valence-electron chi connectivity index (χ1n) is 8.50. The van der Waals surface area contributed by atoms with Crippen LogP contribution in [0, 0.1) is 0 Å². The van der Waals surface area contributed by atoms with Crippen molar-refractivity contribution in [1.82, 2.24) is 25.1 Å². The number of pyridine rings is 1. The first-order valence-corrected chi connectivity index (χ1v) is 8.88. The van der Waals surface area contributed by atoms with E-state index in [0.717, 1.165) is 23.5 Å². The molecule has 0 bridgehead atoms. The number of aryl methyl sites for hydroxylation is 1. The van der Waals surface area contributed by atoms with Crippen LogP contribution in [0.25, 0.3) is 17.0 Å². The van der Waals surface area contributed by atoms with E-state index in [1.165, 1.54) is 0 Å². The molecular weight excluding hydrogens is 366 g/mol. The predicted molar refractivity (Wildman–Crippen MR) is 101 cm³/mol. The van der Waals surface area contributed by atoms with Crippen LogP contribution in [0.2, 0.25) is 5.02 Å². The maximum Gasteiger partial charge on any atom is 0.273 e. The highest BCUT2D eigenvalue weighted by Gasteiger charge is 2.13. The van der Waals surface area contributed by atoms with Crippen LogP contribution >= 0.6 is 11.6 Å². The molecule has 0 aliphatic carbocycles. The van der Waals surface area contributed by atoms with Gasteiger partial charge in [0.1, 0.15) is 5.82 Å². The minimum Gasteiger partial charge on any atom is -0.355 e. The quantitative estimate of drug-likeness (QED) is 0.517. The Morgan fingerprint density at radius 3 is 2.85 bits per heavy atom. The Morgan fingerprint density at radius 2 is 2.00 bits per heavy atom. The molecule has 3 aromatic heterocycles. The van der Waals surface area contributed by atoms with E-state index in [9.17, 15) is 4.79 Å². The van der Waals surface area contributed by atoms with Crippen molar-refractivity contribution >= 4 is 23.2 Å². The van der Waals surface area contributed by atoms with Gasteiger partial charge in [-0.05, 0) is 42.8 Å². The van der Waals surface area contributed by atoms with Crippen molar-refractivity contribution in [3.63, 3.8) is 0 Å². The SMILES string of the molecule is O=C(NCCCc1nnc2ccccn12)c1cc(-c2ccc(Cl)cc2)on1. The summed E-state index contributed by atoms with van der Waals surface area (Å²) in [6, 6.07) is 14.5. The number of hydrogen-bond donors (Lipinski definition) is 1. The fourth-order valence-electron chi connectivity index (χ4n) is 2.73. The molecule has 0 fully saturated rings. The zero-order valence-electron chi connectivity index (χ0n) is 14.3. The van der Waals surface area contributed by atoms with E-state index in [4.69, 9.17) is 16.1 Å². The summed E-state index contributed by atoms with van der Waals surface area (Å²) in [5.41, 5.74) is 1.87. The molecule has 1 N–H and O–H groups in total. The molecule has 1 aromatic carbocycles. The molecule has 0 aliphatic rings. The molecule has 7 nitrogen and oxygen atoms in total. The molecule has 0 spiro atoms. The first-order chi connectivity index (χ1) is 13.2. The van der Waals surface area contributed by atoms with Gasteiger partial charge in [0.2, 0.25) is 0 Å². The van der Waals surface area contributed by atoms with Gasteiger partial charge >= 0.3 is 0 Å². The molecule has 1 amide bonds. The fraction of sp³-hybridized carbons (Fsp3) is 0.158. The highest BCUT2D eigenvalue weighted by atomic mass is 35.5. The monoisotopic (exact) mass is 381 g/mol. The van der Waals surface area contributed by atoms with Crippen LogP contribution in [0.5, 0.6) is 0 Å². The zero-order valence-corrected chi connectivity index (χ0v) is 15.1. The highest BCUT2D eigenvalue weighted by molar-refractivity contribution is 6.30. The minimum atomic E-state index is -0.273. The molecule has 4 rings (SSSR count). The highest BCUT2D eigenvalue weighted by Crippen LogP contribution is 2.22. The number of hydrogen-bond acceptors (Lipinski definition) is 5. The van der Waals surface area contributed by atoms with Gasteiger partial charge in [-0.3, -0.25) is 9.20 Å². The normalized spacial score (nSPS) is 11.0. The van der Waals surface area contributed by atoms with Crippen LogP contribution in [0.15, 0.2) is 59.3 Å². The second-order valence-electron chi connectivity index (χ2n) is 5.99. The van der Waals surface area contributed by atoms with E-state index in [1.807, 2.05) is 40.9 Å². The largest absolute Gasteiger partial charge is 0.355 e. The zero-order chi connectivity index (χ0) is 18.6. The number of carbonyl (C=O) groups excluding carboxylic acids is 1. The predicted octanol–water partition coefficient (Wildman–Crippen LogP) is 3.40. The summed E-state index contributed by atoms with van der Waals surface area (Å²) >= 11 is 5.87. The van der Waals surface area contributed by atoms with Gasteiger partial charge in [0, 0.05) is 35.8 Å². The van der Waals surface area contributed by atoms with Crippen LogP contribution in [0.4, 0.5) is 0 Å². The van der Waals surface area contributed by atoms with Crippen molar-refractivity contribution in [3.8, 4) is 11.3 Å². The Hall–Kier alpha value is -3.19. The lowest BCUT2D eigenvalue weighted by atomic mass is 10.1. The van der Waals surface area contributed by atoms with E-state index in [-0.39, 0.29) is 11.6 Å². The molecule has 136 valence electrons. The molecular formula is C19H16ClN5O2. The smallest absolute Gasteiger partial charge is 0.273 e. The molecule has 8 heteroatoms. The van der Waals surface area contributed by atoms with Crippen molar-refractivity contribution in [2.45, 2.75) is 12.8 Å². The molecule has 27 heavy (non-hydrogen) atoms. The molecule has 0 saturated heterocycles. The second kappa shape index (κ2) is 7.59. The summed E-state index contributed by atoms with van der Waals surface area (Å²) < 4.78 is 7.19. The average molecular weight is 382 g/mol. The van der Waals surface area contributed by atoms with Crippen LogP contribution < -0.4 is 5.32 Å². The van der Waals surface area contributed by atoms with Crippen molar-refractivity contribution in [3.05, 3.63) is 71.3 Å². The Kier molecular flexibility index (Phi) is 4.84. The summed E-state index contributed by atoms with van der Waals surface area (Å²) in [7, 11) is 0. The molecule has 0 atom stereocenters. The van der Waals surface area contributed by atoms with Gasteiger partial charge in [0.05, 0.1) is 0 Å². The van der Waals surface area contributed by atoms with E-state index < -0.39 is 0 Å². The molecule has 0 unspecified atom stereocenters. The summed E-state index contributed by atoms with van der Waals surface area (Å²) in [5, 5.41) is 15.6. The molecule has 0 aliphatic heterocycles. The van der Waals surface area contributed by atoms with E-state index in [2.05, 4.69) is 20.7 Å². The van der Waals surface area contributed by atoms with Gasteiger partial charge in [0.25, 0.3) is 5.91 Å². The standard InChI is InChI=1S/C19H16ClN5O2/c20-14-8-6-13(7-9-14)16-12-15(24-27-16)19(26)21-10-3-5-18-23-22-17-4-1-2-11-25(17)18/h1-2,4,6-9,11-12H,3,5,10H2,(H,21,26). The number of carbonyl (C=O) groups is 1. The second-order valence-corrected chi connectivity index (χ2v) is 6.42. The summed E-state index contributed by atoms with van der Waals surface area (Å²) in [6.07, 6.45) is 3.38. The third kappa shape index (κ3) is 3.83. The number of nitrogens with zero attached hydrogens (tertiary/aromatic N) is 4. The van der Waals surface area contributed by atoms with Crippen LogP contribution in [0.1, 0.15) is 22.7 Å². The van der Waals surface area contributed by atoms with Crippen molar-refractivity contribution in [2.24, 2.45) is 0 Å². The number of halogens is 1. The molecule has 3 heterocycles. The first kappa shape index (κ1) is 17.2. The maximum absolute atomic E-state index is 12.2. The molecule has 4 aromatic rings. The van der Waals surface area contributed by atoms with Crippen molar-refractivity contribution in [2.75, 3.05) is 6.54 Å². The van der Waals surface area contributed by atoms with Gasteiger partial charge in [-0.2, -0.15) is 0 Å². The van der Waals surface area contributed by atoms with Crippen LogP contribution in [-0.4, -0.2) is 32.2 Å². The lowest BCUT2D eigenvalue weighted by molar-refractivity contribution is 0.0944. The maximum atomic E-state index is 12.2. The van der Waals surface area contributed by atoms with Gasteiger partial charge in [-0.15, -0.1) is 10.2 Å². The Morgan fingerprint density at radius 1 is 1.15 bits per heavy atom. The van der Waals surface area contributed by atoms with Gasteiger partial charge in [-0.1, -0.05) is 22.8 Å². The van der Waals surface area contributed by atoms with Gasteiger partial charge in [-0.25, -0.2) is 0 Å². The average Bonchev–Trinajstić information content (AvgIpc) is 3.33. The van der Waals surface area contributed by atoms with E-state index in [0.29, 0.717) is 23.7 Å². The summed E-state index contributed by atoms with van der Waals surface area (Å²) in [6.45, 7) is 0.504. The summed E-state index contributed by atoms with van der Waals surface area (Å²) in [4.78, 5) is 12.2. The minimum absolute atomic E-state index is 0.243. The number of fused-ring (bicyclic) bond motifs is 1. The summed E-state index contributed by atoms with van der Waals surface area (Å²) in [5.74, 6) is 1.11. The number of rotatable bonds is 6. The molecule has 0 saturated carbocycles. The van der Waals surface area contributed by atoms with E-state index >= 15 is 0 Å². The lowest BCUT2D eigenvalue weighted by Gasteiger charge is -2.02. The van der Waals surface area contributed by atoms with Crippen LogP contribution in [0.3, 0.4) is 0 Å². The Labute approximate surface area is 160 Å². The molecule has 0 radical (unpaired) electrons. The number of amides is 1. The fourth-order valence-corrected chi connectivity index (χ4v) is 2.86. The van der Waals surface area contributed by atoms with E-state index in [1.54, 1.807) is 18.2 Å². The van der Waals surface area contributed by atoms with Crippen LogP contribution in [-0.2, 0) is 6.42 Å². The number of aromatic nitrogens is 4. The topological polar surface area (TPSA) is 85.3 Å². The number of nitrogens with one attached hydrogen (secondary N) is 1. The van der Waals surface area contributed by atoms with Gasteiger partial charge < -0.3 is 9.84 Å².